The summed E-state index contributed by atoms with van der Waals surface area (Å²) in [6, 6.07) is 0. The highest BCUT2D eigenvalue weighted by molar-refractivity contribution is 5.72. The van der Waals surface area contributed by atoms with Crippen LogP contribution in [0.25, 0.3) is 0 Å². The molecule has 0 amide bonds. The van der Waals surface area contributed by atoms with E-state index in [1.165, 1.54) is 19.3 Å². The molecule has 0 fully saturated rings. The monoisotopic (exact) mass is 214 g/mol. The van der Waals surface area contributed by atoms with Crippen LogP contribution in [-0.2, 0) is 9.53 Å². The van der Waals surface area contributed by atoms with Gasteiger partial charge < -0.3 is 4.74 Å². The molecule has 0 bridgehead atoms. The molecule has 2 nitrogen and oxygen atoms in total. The topological polar surface area (TPSA) is 26.3 Å². The van der Waals surface area contributed by atoms with Gasteiger partial charge in [0.25, 0.3) is 0 Å². The fraction of sp³-hybridized carbons (Fsp3) is 0.923. The lowest BCUT2D eigenvalue weighted by Crippen LogP contribution is -2.25. The van der Waals surface area contributed by atoms with Crippen LogP contribution in [0.5, 0.6) is 0 Å². The van der Waals surface area contributed by atoms with Crippen LogP contribution in [0, 0.1) is 17.8 Å². The van der Waals surface area contributed by atoms with E-state index in [0.717, 1.165) is 0 Å². The van der Waals surface area contributed by atoms with E-state index >= 15 is 0 Å². The molecule has 0 rings (SSSR count). The predicted octanol–water partition coefficient (Wildman–Crippen LogP) is 3.65. The van der Waals surface area contributed by atoms with Gasteiger partial charge in [0.05, 0.1) is 12.5 Å². The number of unbranched alkanes of at least 4 members (excludes halogenated alkanes) is 1. The predicted molar refractivity (Wildman–Crippen MR) is 63.7 cm³/mol. The van der Waals surface area contributed by atoms with Gasteiger partial charge in [-0.3, -0.25) is 4.79 Å². The highest BCUT2D eigenvalue weighted by atomic mass is 16.5. The second-order valence-corrected chi connectivity index (χ2v) is 4.52. The Kier molecular flexibility index (Phi) is 7.45. The normalized spacial score (nSPS) is 16.9. The molecule has 0 N–H and O–H groups in total. The zero-order valence-corrected chi connectivity index (χ0v) is 10.9. The molecule has 15 heavy (non-hydrogen) atoms. The summed E-state index contributed by atoms with van der Waals surface area (Å²) < 4.78 is 5.04. The maximum absolute atomic E-state index is 11.5. The van der Waals surface area contributed by atoms with Crippen molar-refractivity contribution in [2.75, 3.05) is 6.61 Å². The zero-order valence-electron chi connectivity index (χ0n) is 10.9. The molecule has 0 aromatic heterocycles. The minimum absolute atomic E-state index is 0.0248. The van der Waals surface area contributed by atoms with Crippen LogP contribution >= 0.6 is 0 Å². The van der Waals surface area contributed by atoms with Gasteiger partial charge >= 0.3 is 5.97 Å². The molecule has 0 aromatic rings. The highest BCUT2D eigenvalue weighted by Gasteiger charge is 2.25. The summed E-state index contributed by atoms with van der Waals surface area (Å²) >= 11 is 0. The smallest absolute Gasteiger partial charge is 0.308 e. The van der Waals surface area contributed by atoms with Crippen LogP contribution in [0.3, 0.4) is 0 Å². The number of carbonyl (C=O) groups excluding carboxylic acids is 1. The Morgan fingerprint density at radius 3 is 2.27 bits per heavy atom. The molecule has 3 atom stereocenters. The van der Waals surface area contributed by atoms with Crippen molar-refractivity contribution < 1.29 is 9.53 Å². The molecule has 2 heteroatoms. The van der Waals surface area contributed by atoms with E-state index in [0.29, 0.717) is 18.4 Å². The van der Waals surface area contributed by atoms with Crippen molar-refractivity contribution in [1.82, 2.24) is 0 Å². The molecule has 3 unspecified atom stereocenters. The Bertz CT molecular complexity index is 177. The minimum Gasteiger partial charge on any atom is -0.466 e. The van der Waals surface area contributed by atoms with Gasteiger partial charge in [0.2, 0.25) is 0 Å². The largest absolute Gasteiger partial charge is 0.466 e. The Labute approximate surface area is 94.4 Å². The van der Waals surface area contributed by atoms with E-state index in [4.69, 9.17) is 4.74 Å². The van der Waals surface area contributed by atoms with Crippen molar-refractivity contribution in [2.45, 2.75) is 53.9 Å². The van der Waals surface area contributed by atoms with Gasteiger partial charge in [-0.15, -0.1) is 0 Å². The number of rotatable bonds is 7. The summed E-state index contributed by atoms with van der Waals surface area (Å²) in [6.45, 7) is 10.9. The van der Waals surface area contributed by atoms with Crippen LogP contribution in [0.4, 0.5) is 0 Å². The van der Waals surface area contributed by atoms with Gasteiger partial charge in [-0.25, -0.2) is 0 Å². The molecule has 0 radical (unpaired) electrons. The summed E-state index contributed by atoms with van der Waals surface area (Å²) in [5, 5.41) is 0. The molecule has 0 aliphatic heterocycles. The number of carbonyl (C=O) groups is 1. The third-order valence-corrected chi connectivity index (χ3v) is 3.36. The first kappa shape index (κ1) is 14.5. The SMILES string of the molecule is CCCCC(C)C(C)C(C)C(=O)OCC. The maximum Gasteiger partial charge on any atom is 0.308 e. The molecule has 0 saturated heterocycles. The van der Waals surface area contributed by atoms with Crippen LogP contribution in [0.1, 0.15) is 53.9 Å². The van der Waals surface area contributed by atoms with Crippen LogP contribution in [-0.4, -0.2) is 12.6 Å². The molecule has 0 spiro atoms. The first-order valence-electron chi connectivity index (χ1n) is 6.21. The van der Waals surface area contributed by atoms with E-state index in [-0.39, 0.29) is 11.9 Å². The van der Waals surface area contributed by atoms with Gasteiger partial charge in [-0.1, -0.05) is 47.0 Å². The van der Waals surface area contributed by atoms with Gasteiger partial charge in [0, 0.05) is 0 Å². The molecule has 0 aromatic carbocycles. The molecular formula is C13H26O2. The molecule has 0 saturated carbocycles. The fourth-order valence-corrected chi connectivity index (χ4v) is 1.77. The highest BCUT2D eigenvalue weighted by Crippen LogP contribution is 2.25. The van der Waals surface area contributed by atoms with Gasteiger partial charge in [-0.2, -0.15) is 0 Å². The van der Waals surface area contributed by atoms with E-state index in [1.807, 2.05) is 13.8 Å². The quantitative estimate of drug-likeness (QED) is 0.605. The molecule has 0 heterocycles. The molecular weight excluding hydrogens is 188 g/mol. The minimum atomic E-state index is -0.0478. The van der Waals surface area contributed by atoms with Crippen molar-refractivity contribution >= 4 is 5.97 Å². The van der Waals surface area contributed by atoms with Crippen LogP contribution in [0.2, 0.25) is 0 Å². The standard InChI is InChI=1S/C13H26O2/c1-6-8-9-10(3)11(4)12(5)13(14)15-7-2/h10-12H,6-9H2,1-5H3. The Morgan fingerprint density at radius 2 is 1.80 bits per heavy atom. The van der Waals surface area contributed by atoms with Crippen molar-refractivity contribution in [2.24, 2.45) is 17.8 Å². The van der Waals surface area contributed by atoms with Crippen LogP contribution in [0.15, 0.2) is 0 Å². The Morgan fingerprint density at radius 1 is 1.20 bits per heavy atom. The zero-order chi connectivity index (χ0) is 11.8. The molecule has 0 aliphatic carbocycles. The van der Waals surface area contributed by atoms with Crippen molar-refractivity contribution in [3.8, 4) is 0 Å². The van der Waals surface area contributed by atoms with E-state index in [2.05, 4.69) is 20.8 Å². The number of esters is 1. The fourth-order valence-electron chi connectivity index (χ4n) is 1.77. The van der Waals surface area contributed by atoms with E-state index in [9.17, 15) is 4.79 Å². The first-order valence-corrected chi connectivity index (χ1v) is 6.21. The van der Waals surface area contributed by atoms with E-state index in [1.54, 1.807) is 0 Å². The average molecular weight is 214 g/mol. The summed E-state index contributed by atoms with van der Waals surface area (Å²) in [7, 11) is 0. The lowest BCUT2D eigenvalue weighted by atomic mass is 9.82. The Hall–Kier alpha value is -0.530. The van der Waals surface area contributed by atoms with Crippen molar-refractivity contribution in [3.05, 3.63) is 0 Å². The summed E-state index contributed by atoms with van der Waals surface area (Å²) in [4.78, 5) is 11.5. The van der Waals surface area contributed by atoms with Crippen molar-refractivity contribution in [1.29, 1.82) is 0 Å². The number of hydrogen-bond donors (Lipinski definition) is 0. The van der Waals surface area contributed by atoms with Crippen LogP contribution < -0.4 is 0 Å². The Balaban J connectivity index is 4.05. The average Bonchev–Trinajstić information content (AvgIpc) is 2.24. The second kappa shape index (κ2) is 7.72. The summed E-state index contributed by atoms with van der Waals surface area (Å²) in [5.74, 6) is 0.991. The molecule has 90 valence electrons. The first-order chi connectivity index (χ1) is 7.04. The molecule has 0 aliphatic rings. The third-order valence-electron chi connectivity index (χ3n) is 3.36. The van der Waals surface area contributed by atoms with E-state index < -0.39 is 0 Å². The lowest BCUT2D eigenvalue weighted by molar-refractivity contribution is -0.149. The maximum atomic E-state index is 11.5. The lowest BCUT2D eigenvalue weighted by Gasteiger charge is -2.24. The van der Waals surface area contributed by atoms with Gasteiger partial charge in [0.1, 0.15) is 0 Å². The van der Waals surface area contributed by atoms with Gasteiger partial charge in [0.15, 0.2) is 0 Å². The summed E-state index contributed by atoms with van der Waals surface area (Å²) in [6.07, 6.45) is 3.69. The number of ether oxygens (including phenoxy) is 1. The third kappa shape index (κ3) is 5.19. The second-order valence-electron chi connectivity index (χ2n) is 4.52. The van der Waals surface area contributed by atoms with Crippen molar-refractivity contribution in [3.63, 3.8) is 0 Å². The number of hydrogen-bond acceptors (Lipinski definition) is 2. The summed E-state index contributed by atoms with van der Waals surface area (Å²) in [5.41, 5.74) is 0. The van der Waals surface area contributed by atoms with Gasteiger partial charge in [-0.05, 0) is 18.8 Å².